The van der Waals surface area contributed by atoms with Gasteiger partial charge in [0.05, 0.1) is 13.2 Å². The topological polar surface area (TPSA) is 52.6 Å². The van der Waals surface area contributed by atoms with Gasteiger partial charge in [-0.3, -0.25) is 9.59 Å². The van der Waals surface area contributed by atoms with Gasteiger partial charge in [-0.15, -0.1) is 0 Å². The van der Waals surface area contributed by atoms with Crippen LogP contribution in [0, 0.1) is 0 Å². The Hall–Kier alpha value is -0.160. The standard InChI is InChI=1S/C6H8Cl2O4/c7-5(9)3-11-1-2-12-4-6(8)10/h1-4H2. The van der Waals surface area contributed by atoms with Gasteiger partial charge in [0.1, 0.15) is 13.2 Å². The Kier molecular flexibility index (Phi) is 7.39. The summed E-state index contributed by atoms with van der Waals surface area (Å²) in [6, 6.07) is 0. The SMILES string of the molecule is O=C(Cl)COCCOCC(=O)Cl. The van der Waals surface area contributed by atoms with Gasteiger partial charge in [-0.05, 0) is 23.2 Å². The fourth-order valence-electron chi connectivity index (χ4n) is 0.423. The van der Waals surface area contributed by atoms with E-state index < -0.39 is 10.5 Å². The molecule has 0 aromatic carbocycles. The van der Waals surface area contributed by atoms with Crippen LogP contribution in [0.2, 0.25) is 0 Å². The van der Waals surface area contributed by atoms with Crippen molar-refractivity contribution in [3.05, 3.63) is 0 Å². The molecule has 0 saturated heterocycles. The number of hydrogen-bond donors (Lipinski definition) is 0. The molecule has 0 amide bonds. The van der Waals surface area contributed by atoms with Crippen LogP contribution < -0.4 is 0 Å². The van der Waals surface area contributed by atoms with Gasteiger partial charge in [-0.1, -0.05) is 0 Å². The Morgan fingerprint density at radius 1 is 0.917 bits per heavy atom. The minimum atomic E-state index is -0.566. The summed E-state index contributed by atoms with van der Waals surface area (Å²) in [6.07, 6.45) is 0. The summed E-state index contributed by atoms with van der Waals surface area (Å²) in [6.45, 7) is 0.116. The second-order valence-corrected chi connectivity index (χ2v) is 2.66. The Labute approximate surface area is 79.7 Å². The number of halogens is 2. The zero-order valence-corrected chi connectivity index (χ0v) is 7.73. The van der Waals surface area contributed by atoms with E-state index in [9.17, 15) is 9.59 Å². The Bertz CT molecular complexity index is 142. The predicted octanol–water partition coefficient (Wildman–Crippen LogP) is 0.550. The van der Waals surface area contributed by atoms with Crippen LogP contribution in [0.25, 0.3) is 0 Å². The van der Waals surface area contributed by atoms with Gasteiger partial charge in [0.15, 0.2) is 0 Å². The van der Waals surface area contributed by atoms with Gasteiger partial charge in [-0.2, -0.15) is 0 Å². The molecule has 4 nitrogen and oxygen atoms in total. The Morgan fingerprint density at radius 2 is 1.25 bits per heavy atom. The first-order valence-corrected chi connectivity index (χ1v) is 3.90. The molecule has 0 fully saturated rings. The third-order valence-corrected chi connectivity index (χ3v) is 1.02. The molecule has 0 aliphatic carbocycles. The highest BCUT2D eigenvalue weighted by Gasteiger charge is 1.97. The maximum absolute atomic E-state index is 10.1. The first kappa shape index (κ1) is 11.8. The molecule has 0 aromatic heterocycles. The van der Waals surface area contributed by atoms with E-state index in [0.29, 0.717) is 0 Å². The molecule has 0 aromatic rings. The van der Waals surface area contributed by atoms with E-state index in [2.05, 4.69) is 0 Å². The van der Waals surface area contributed by atoms with Crippen molar-refractivity contribution in [1.29, 1.82) is 0 Å². The summed E-state index contributed by atoms with van der Waals surface area (Å²) >= 11 is 9.92. The van der Waals surface area contributed by atoms with Crippen LogP contribution in [0.1, 0.15) is 0 Å². The molecule has 0 heterocycles. The number of carbonyl (C=O) groups is 2. The molecule has 0 atom stereocenters. The van der Waals surface area contributed by atoms with Gasteiger partial charge < -0.3 is 9.47 Å². The molecule has 0 radical (unpaired) electrons. The summed E-state index contributed by atoms with van der Waals surface area (Å²) in [7, 11) is 0. The van der Waals surface area contributed by atoms with Crippen molar-refractivity contribution in [1.82, 2.24) is 0 Å². The van der Waals surface area contributed by atoms with Crippen LogP contribution >= 0.6 is 23.2 Å². The number of carbonyl (C=O) groups excluding carboxylic acids is 2. The molecule has 0 rings (SSSR count). The Morgan fingerprint density at radius 3 is 1.50 bits per heavy atom. The molecule has 0 aliphatic heterocycles. The Balaban J connectivity index is 3.01. The van der Waals surface area contributed by atoms with E-state index in [-0.39, 0.29) is 26.4 Å². The maximum Gasteiger partial charge on any atom is 0.247 e. The molecule has 0 unspecified atom stereocenters. The molecule has 6 heteroatoms. The fraction of sp³-hybridized carbons (Fsp3) is 0.667. The van der Waals surface area contributed by atoms with E-state index in [1.807, 2.05) is 0 Å². The smallest absolute Gasteiger partial charge is 0.247 e. The molecular formula is C6H8Cl2O4. The van der Waals surface area contributed by atoms with Gasteiger partial charge in [0, 0.05) is 0 Å². The predicted molar refractivity (Wildman–Crippen MR) is 43.4 cm³/mol. The molecule has 70 valence electrons. The quantitative estimate of drug-likeness (QED) is 0.459. The maximum atomic E-state index is 10.1. The van der Waals surface area contributed by atoms with E-state index in [4.69, 9.17) is 32.7 Å². The third-order valence-electron chi connectivity index (χ3n) is 0.803. The van der Waals surface area contributed by atoms with Crippen LogP contribution in [0.5, 0.6) is 0 Å². The molecule has 12 heavy (non-hydrogen) atoms. The highest BCUT2D eigenvalue weighted by atomic mass is 35.5. The largest absolute Gasteiger partial charge is 0.370 e. The normalized spacial score (nSPS) is 9.83. The number of rotatable bonds is 7. The molecule has 0 spiro atoms. The first-order valence-electron chi connectivity index (χ1n) is 3.15. The van der Waals surface area contributed by atoms with Gasteiger partial charge in [0.2, 0.25) is 10.5 Å². The lowest BCUT2D eigenvalue weighted by Gasteiger charge is -2.00. The zero-order valence-electron chi connectivity index (χ0n) is 6.22. The second kappa shape index (κ2) is 7.49. The summed E-state index contributed by atoms with van der Waals surface area (Å²) in [4.78, 5) is 20.2. The summed E-state index contributed by atoms with van der Waals surface area (Å²) < 4.78 is 9.43. The van der Waals surface area contributed by atoms with E-state index in [1.165, 1.54) is 0 Å². The van der Waals surface area contributed by atoms with Crippen molar-refractivity contribution in [3.8, 4) is 0 Å². The monoisotopic (exact) mass is 214 g/mol. The number of hydrogen-bond acceptors (Lipinski definition) is 4. The van der Waals surface area contributed by atoms with Crippen LogP contribution in [-0.2, 0) is 19.1 Å². The lowest BCUT2D eigenvalue weighted by molar-refractivity contribution is -0.119. The average molecular weight is 215 g/mol. The lowest BCUT2D eigenvalue weighted by atomic mass is 10.7. The van der Waals surface area contributed by atoms with Crippen molar-refractivity contribution in [2.24, 2.45) is 0 Å². The van der Waals surface area contributed by atoms with E-state index in [1.54, 1.807) is 0 Å². The average Bonchev–Trinajstić information content (AvgIpc) is 1.95. The van der Waals surface area contributed by atoms with E-state index in [0.717, 1.165) is 0 Å². The van der Waals surface area contributed by atoms with Crippen molar-refractivity contribution >= 4 is 33.7 Å². The minimum absolute atomic E-state index is 0.153. The van der Waals surface area contributed by atoms with Gasteiger partial charge in [-0.25, -0.2) is 0 Å². The van der Waals surface area contributed by atoms with Crippen LogP contribution in [0.15, 0.2) is 0 Å². The lowest BCUT2D eigenvalue weighted by Crippen LogP contribution is -2.10. The van der Waals surface area contributed by atoms with Gasteiger partial charge in [0.25, 0.3) is 0 Å². The first-order chi connectivity index (χ1) is 5.63. The van der Waals surface area contributed by atoms with E-state index >= 15 is 0 Å². The summed E-state index contributed by atoms with van der Waals surface area (Å²) in [5.41, 5.74) is 0. The van der Waals surface area contributed by atoms with Crippen LogP contribution in [0.4, 0.5) is 0 Å². The van der Waals surface area contributed by atoms with Crippen molar-refractivity contribution < 1.29 is 19.1 Å². The molecule has 0 N–H and O–H groups in total. The van der Waals surface area contributed by atoms with Crippen LogP contribution in [-0.4, -0.2) is 36.9 Å². The second-order valence-electron chi connectivity index (χ2n) is 1.82. The molecule has 0 saturated carbocycles. The summed E-state index contributed by atoms with van der Waals surface area (Å²) in [5.74, 6) is 0. The highest BCUT2D eigenvalue weighted by molar-refractivity contribution is 6.64. The molecule has 0 aliphatic rings. The number of ether oxygens (including phenoxy) is 2. The molecular weight excluding hydrogens is 207 g/mol. The van der Waals surface area contributed by atoms with Crippen molar-refractivity contribution in [2.45, 2.75) is 0 Å². The highest BCUT2D eigenvalue weighted by Crippen LogP contribution is 1.85. The third kappa shape index (κ3) is 9.84. The van der Waals surface area contributed by atoms with Crippen molar-refractivity contribution in [2.75, 3.05) is 26.4 Å². The van der Waals surface area contributed by atoms with Crippen molar-refractivity contribution in [3.63, 3.8) is 0 Å². The van der Waals surface area contributed by atoms with Crippen LogP contribution in [0.3, 0.4) is 0 Å². The fourth-order valence-corrected chi connectivity index (χ4v) is 0.577. The zero-order chi connectivity index (χ0) is 9.40. The van der Waals surface area contributed by atoms with Gasteiger partial charge >= 0.3 is 0 Å². The molecule has 0 bridgehead atoms. The minimum Gasteiger partial charge on any atom is -0.370 e. The summed E-state index contributed by atoms with van der Waals surface area (Å²) in [5, 5.41) is -1.13.